The Morgan fingerprint density at radius 2 is 1.65 bits per heavy atom. The van der Waals surface area contributed by atoms with Crippen molar-refractivity contribution in [2.75, 3.05) is 5.32 Å². The van der Waals surface area contributed by atoms with Crippen LogP contribution in [0.4, 0.5) is 18.9 Å². The van der Waals surface area contributed by atoms with E-state index in [1.807, 2.05) is 24.3 Å². The van der Waals surface area contributed by atoms with Gasteiger partial charge in [0.15, 0.2) is 0 Å². The molecule has 2 aromatic carbocycles. The second-order valence-electron chi connectivity index (χ2n) is 4.03. The van der Waals surface area contributed by atoms with Crippen LogP contribution >= 0.6 is 27.7 Å². The zero-order valence-electron chi connectivity index (χ0n) is 10.2. The van der Waals surface area contributed by atoms with Crippen LogP contribution in [-0.4, -0.2) is 5.51 Å². The molecule has 6 heteroatoms. The van der Waals surface area contributed by atoms with E-state index in [0.717, 1.165) is 15.7 Å². The number of para-hydroxylation sites is 1. The molecule has 20 heavy (non-hydrogen) atoms. The summed E-state index contributed by atoms with van der Waals surface area (Å²) >= 11 is 3.32. The molecule has 106 valence electrons. The molecule has 0 aliphatic rings. The number of benzene rings is 2. The van der Waals surface area contributed by atoms with Crippen molar-refractivity contribution < 1.29 is 13.2 Å². The van der Waals surface area contributed by atoms with Crippen molar-refractivity contribution >= 4 is 33.4 Å². The number of thioether (sulfide) groups is 1. The van der Waals surface area contributed by atoms with Crippen LogP contribution in [0.5, 0.6) is 0 Å². The molecule has 0 amide bonds. The molecule has 0 saturated heterocycles. The number of hydrogen-bond acceptors (Lipinski definition) is 2. The second kappa shape index (κ2) is 6.54. The third-order valence-electron chi connectivity index (χ3n) is 2.51. The van der Waals surface area contributed by atoms with E-state index in [9.17, 15) is 13.2 Å². The summed E-state index contributed by atoms with van der Waals surface area (Å²) in [6.07, 6.45) is 0. The Bertz CT molecular complexity index is 569. The van der Waals surface area contributed by atoms with Gasteiger partial charge in [0.1, 0.15) is 0 Å². The van der Waals surface area contributed by atoms with Gasteiger partial charge in [0.25, 0.3) is 0 Å². The van der Waals surface area contributed by atoms with Crippen LogP contribution in [0, 0.1) is 0 Å². The topological polar surface area (TPSA) is 12.0 Å². The van der Waals surface area contributed by atoms with Crippen molar-refractivity contribution in [1.29, 1.82) is 0 Å². The van der Waals surface area contributed by atoms with Gasteiger partial charge in [-0.3, -0.25) is 0 Å². The average Bonchev–Trinajstić information content (AvgIpc) is 2.38. The summed E-state index contributed by atoms with van der Waals surface area (Å²) in [6.45, 7) is 0.555. The first-order valence-electron chi connectivity index (χ1n) is 5.77. The molecule has 0 unspecified atom stereocenters. The molecule has 1 N–H and O–H groups in total. The third kappa shape index (κ3) is 4.76. The SMILES string of the molecule is FC(F)(F)Sc1ccc(CNc2ccccc2Br)cc1. The molecule has 0 aliphatic heterocycles. The molecule has 0 aromatic heterocycles. The summed E-state index contributed by atoms with van der Waals surface area (Å²) in [5.74, 6) is 0. The second-order valence-corrected chi connectivity index (χ2v) is 6.02. The lowest BCUT2D eigenvalue weighted by molar-refractivity contribution is -0.0328. The van der Waals surface area contributed by atoms with Crippen molar-refractivity contribution in [3.63, 3.8) is 0 Å². The molecule has 0 radical (unpaired) electrons. The third-order valence-corrected chi connectivity index (χ3v) is 3.94. The van der Waals surface area contributed by atoms with E-state index in [4.69, 9.17) is 0 Å². The molecular weight excluding hydrogens is 351 g/mol. The molecule has 0 bridgehead atoms. The zero-order valence-corrected chi connectivity index (χ0v) is 12.6. The van der Waals surface area contributed by atoms with E-state index in [1.165, 1.54) is 12.1 Å². The lowest BCUT2D eigenvalue weighted by Crippen LogP contribution is -2.01. The molecular formula is C14H11BrF3NS. The highest BCUT2D eigenvalue weighted by molar-refractivity contribution is 9.10. The summed E-state index contributed by atoms with van der Waals surface area (Å²) < 4.78 is 37.6. The quantitative estimate of drug-likeness (QED) is 0.703. The smallest absolute Gasteiger partial charge is 0.380 e. The van der Waals surface area contributed by atoms with Gasteiger partial charge in [-0.2, -0.15) is 13.2 Å². The van der Waals surface area contributed by atoms with Crippen LogP contribution in [0.2, 0.25) is 0 Å². The Labute approximate surface area is 127 Å². The lowest BCUT2D eigenvalue weighted by Gasteiger charge is -2.09. The Kier molecular flexibility index (Phi) is 4.99. The maximum absolute atomic E-state index is 12.2. The highest BCUT2D eigenvalue weighted by Gasteiger charge is 2.28. The van der Waals surface area contributed by atoms with Crippen LogP contribution in [0.3, 0.4) is 0 Å². The molecule has 0 aliphatic carbocycles. The summed E-state index contributed by atoms with van der Waals surface area (Å²) in [4.78, 5) is 0.196. The summed E-state index contributed by atoms with van der Waals surface area (Å²) in [7, 11) is 0. The van der Waals surface area contributed by atoms with Gasteiger partial charge >= 0.3 is 5.51 Å². The van der Waals surface area contributed by atoms with Gasteiger partial charge in [-0.1, -0.05) is 24.3 Å². The van der Waals surface area contributed by atoms with E-state index >= 15 is 0 Å². The van der Waals surface area contributed by atoms with Crippen molar-refractivity contribution in [2.24, 2.45) is 0 Å². The van der Waals surface area contributed by atoms with E-state index < -0.39 is 5.51 Å². The molecule has 0 atom stereocenters. The Morgan fingerprint density at radius 3 is 2.25 bits per heavy atom. The van der Waals surface area contributed by atoms with Crippen LogP contribution in [0.15, 0.2) is 57.9 Å². The van der Waals surface area contributed by atoms with Gasteiger partial charge in [0.2, 0.25) is 0 Å². The van der Waals surface area contributed by atoms with Crippen LogP contribution < -0.4 is 5.32 Å². The largest absolute Gasteiger partial charge is 0.446 e. The fourth-order valence-electron chi connectivity index (χ4n) is 1.61. The minimum atomic E-state index is -4.24. The van der Waals surface area contributed by atoms with E-state index in [-0.39, 0.29) is 16.7 Å². The number of nitrogens with one attached hydrogen (secondary N) is 1. The van der Waals surface area contributed by atoms with E-state index in [2.05, 4.69) is 21.2 Å². The first kappa shape index (κ1) is 15.3. The normalized spacial score (nSPS) is 11.4. The number of anilines is 1. The molecule has 0 saturated carbocycles. The standard InChI is InChI=1S/C14H11BrF3NS/c15-12-3-1-2-4-13(12)19-9-10-5-7-11(8-6-10)20-14(16,17)18/h1-8,19H,9H2. The maximum Gasteiger partial charge on any atom is 0.446 e. The zero-order chi connectivity index (χ0) is 14.6. The monoisotopic (exact) mass is 361 g/mol. The molecule has 0 spiro atoms. The molecule has 2 aromatic rings. The number of halogens is 4. The minimum Gasteiger partial charge on any atom is -0.380 e. The Balaban J connectivity index is 1.96. The van der Waals surface area contributed by atoms with Gasteiger partial charge in [0.05, 0.1) is 0 Å². The van der Waals surface area contributed by atoms with E-state index in [0.29, 0.717) is 6.54 Å². The van der Waals surface area contributed by atoms with Gasteiger partial charge in [-0.25, -0.2) is 0 Å². The summed E-state index contributed by atoms with van der Waals surface area (Å²) in [5.41, 5.74) is -2.37. The molecule has 0 heterocycles. The highest BCUT2D eigenvalue weighted by atomic mass is 79.9. The molecule has 0 fully saturated rings. The number of hydrogen-bond donors (Lipinski definition) is 1. The summed E-state index contributed by atoms with van der Waals surface area (Å²) in [6, 6.07) is 14.0. The highest BCUT2D eigenvalue weighted by Crippen LogP contribution is 2.36. The fraction of sp³-hybridized carbons (Fsp3) is 0.143. The predicted molar refractivity (Wildman–Crippen MR) is 79.8 cm³/mol. The van der Waals surface area contributed by atoms with Gasteiger partial charge in [0, 0.05) is 21.6 Å². The Hall–Kier alpha value is -1.14. The average molecular weight is 362 g/mol. The van der Waals surface area contributed by atoms with Crippen molar-refractivity contribution in [1.82, 2.24) is 0 Å². The minimum absolute atomic E-state index is 0.102. The van der Waals surface area contributed by atoms with Crippen LogP contribution in [0.25, 0.3) is 0 Å². The maximum atomic E-state index is 12.2. The fourth-order valence-corrected chi connectivity index (χ4v) is 2.58. The first-order chi connectivity index (χ1) is 9.44. The summed E-state index contributed by atoms with van der Waals surface area (Å²) in [5, 5.41) is 3.22. The predicted octanol–water partition coefficient (Wildman–Crippen LogP) is 5.67. The van der Waals surface area contributed by atoms with Gasteiger partial charge in [-0.15, -0.1) is 0 Å². The first-order valence-corrected chi connectivity index (χ1v) is 7.38. The molecule has 2 rings (SSSR count). The number of rotatable bonds is 4. The Morgan fingerprint density at radius 1 is 1.00 bits per heavy atom. The van der Waals surface area contributed by atoms with Crippen LogP contribution in [0.1, 0.15) is 5.56 Å². The van der Waals surface area contributed by atoms with Crippen molar-refractivity contribution in [3.8, 4) is 0 Å². The van der Waals surface area contributed by atoms with Crippen molar-refractivity contribution in [3.05, 3.63) is 58.6 Å². The molecule has 1 nitrogen and oxygen atoms in total. The van der Waals surface area contributed by atoms with E-state index in [1.54, 1.807) is 12.1 Å². The van der Waals surface area contributed by atoms with Crippen molar-refractivity contribution in [2.45, 2.75) is 16.9 Å². The van der Waals surface area contributed by atoms with Gasteiger partial charge < -0.3 is 5.32 Å². The number of alkyl halides is 3. The van der Waals surface area contributed by atoms with Gasteiger partial charge in [-0.05, 0) is 57.5 Å². The van der Waals surface area contributed by atoms with Crippen LogP contribution in [-0.2, 0) is 6.54 Å². The lowest BCUT2D eigenvalue weighted by atomic mass is 10.2.